The zero-order valence-electron chi connectivity index (χ0n) is 12.7. The number of carbonyl (C=O) groups excluding carboxylic acids is 1. The molecule has 3 aromatic heterocycles. The molecule has 120 valence electrons. The van der Waals surface area contributed by atoms with Crippen molar-refractivity contribution < 1.29 is 9.53 Å². The van der Waals surface area contributed by atoms with E-state index in [1.54, 1.807) is 6.92 Å². The van der Waals surface area contributed by atoms with Crippen molar-refractivity contribution >= 4 is 33.9 Å². The van der Waals surface area contributed by atoms with Gasteiger partial charge in [-0.1, -0.05) is 18.2 Å². The molecule has 24 heavy (non-hydrogen) atoms. The maximum absolute atomic E-state index is 11.8. The van der Waals surface area contributed by atoms with E-state index in [4.69, 9.17) is 10.5 Å². The first-order valence-corrected chi connectivity index (χ1v) is 7.31. The van der Waals surface area contributed by atoms with Crippen LogP contribution in [0, 0.1) is 0 Å². The normalized spacial score (nSPS) is 11.2. The molecule has 9 nitrogen and oxygen atoms in total. The lowest BCUT2D eigenvalue weighted by Gasteiger charge is -2.03. The van der Waals surface area contributed by atoms with Crippen LogP contribution in [0.5, 0.6) is 0 Å². The molecule has 0 bridgehead atoms. The third-order valence-corrected chi connectivity index (χ3v) is 3.60. The van der Waals surface area contributed by atoms with Crippen LogP contribution in [0.25, 0.3) is 28.0 Å². The zero-order valence-corrected chi connectivity index (χ0v) is 12.7. The summed E-state index contributed by atoms with van der Waals surface area (Å²) in [6.45, 7) is 1.97. The number of hydrogen-bond donors (Lipinski definition) is 2. The number of benzene rings is 1. The number of carbonyl (C=O) groups is 1. The fourth-order valence-electron chi connectivity index (χ4n) is 2.49. The van der Waals surface area contributed by atoms with Crippen molar-refractivity contribution in [2.45, 2.75) is 6.92 Å². The summed E-state index contributed by atoms with van der Waals surface area (Å²) >= 11 is 0. The van der Waals surface area contributed by atoms with Gasteiger partial charge in [0, 0.05) is 10.9 Å². The van der Waals surface area contributed by atoms with Crippen molar-refractivity contribution in [2.24, 2.45) is 0 Å². The molecule has 1 aromatic carbocycles. The van der Waals surface area contributed by atoms with Crippen molar-refractivity contribution in [1.29, 1.82) is 0 Å². The predicted octanol–water partition coefficient (Wildman–Crippen LogP) is 1.45. The van der Waals surface area contributed by atoms with E-state index in [2.05, 4.69) is 25.3 Å². The molecule has 9 heteroatoms. The number of nitrogens with one attached hydrogen (secondary N) is 1. The number of fused-ring (bicyclic) bond motifs is 3. The minimum absolute atomic E-state index is 0.103. The van der Waals surface area contributed by atoms with Crippen LogP contribution in [0.4, 0.5) is 5.82 Å². The van der Waals surface area contributed by atoms with E-state index in [-0.39, 0.29) is 23.9 Å². The maximum atomic E-state index is 11.8. The number of nitrogens with two attached hydrogens (primary N) is 1. The number of aromatic nitrogens is 6. The highest BCUT2D eigenvalue weighted by Crippen LogP contribution is 2.22. The Morgan fingerprint density at radius 3 is 3.00 bits per heavy atom. The molecule has 0 spiro atoms. The monoisotopic (exact) mass is 323 g/mol. The third-order valence-electron chi connectivity index (χ3n) is 3.60. The van der Waals surface area contributed by atoms with Gasteiger partial charge < -0.3 is 15.5 Å². The topological polar surface area (TPSA) is 125 Å². The molecule has 0 fully saturated rings. The molecule has 0 radical (unpaired) electrons. The summed E-state index contributed by atoms with van der Waals surface area (Å²) < 4.78 is 6.19. The van der Waals surface area contributed by atoms with E-state index in [0.29, 0.717) is 11.2 Å². The molecule has 0 saturated heterocycles. The lowest BCUT2D eigenvalue weighted by Crippen LogP contribution is -2.11. The number of nitrogen functional groups attached to an aromatic ring is 1. The Morgan fingerprint density at radius 2 is 2.17 bits per heavy atom. The number of anilines is 1. The van der Waals surface area contributed by atoms with Crippen LogP contribution in [0.3, 0.4) is 0 Å². The highest BCUT2D eigenvalue weighted by Gasteiger charge is 2.19. The fraction of sp³-hybridized carbons (Fsp3) is 0.133. The molecular weight excluding hydrogens is 310 g/mol. The maximum Gasteiger partial charge on any atom is 0.343 e. The molecule has 3 N–H and O–H groups in total. The smallest absolute Gasteiger partial charge is 0.343 e. The van der Waals surface area contributed by atoms with Gasteiger partial charge in [-0.15, -0.1) is 10.2 Å². The summed E-state index contributed by atoms with van der Waals surface area (Å²) in [5, 5.41) is 13.3. The van der Waals surface area contributed by atoms with Crippen molar-refractivity contribution in [1.82, 2.24) is 29.9 Å². The number of aromatic amines is 1. The second-order valence-electron chi connectivity index (χ2n) is 5.06. The Kier molecular flexibility index (Phi) is 3.12. The summed E-state index contributed by atoms with van der Waals surface area (Å²) in [4.78, 5) is 19.4. The van der Waals surface area contributed by atoms with Gasteiger partial charge >= 0.3 is 5.97 Å². The molecule has 0 aliphatic carbocycles. The predicted molar refractivity (Wildman–Crippen MR) is 86.7 cm³/mol. The molecule has 0 aliphatic rings. The number of H-pyrrole nitrogens is 1. The highest BCUT2D eigenvalue weighted by atomic mass is 16.5. The van der Waals surface area contributed by atoms with Crippen LogP contribution < -0.4 is 5.73 Å². The van der Waals surface area contributed by atoms with E-state index < -0.39 is 5.97 Å². The van der Waals surface area contributed by atoms with Gasteiger partial charge in [0.05, 0.1) is 12.8 Å². The first kappa shape index (κ1) is 14.1. The Balaban J connectivity index is 1.82. The van der Waals surface area contributed by atoms with Crippen LogP contribution in [-0.4, -0.2) is 42.5 Å². The number of hydrogen-bond acceptors (Lipinski definition) is 7. The second kappa shape index (κ2) is 5.30. The van der Waals surface area contributed by atoms with Gasteiger partial charge in [0.25, 0.3) is 5.95 Å². The Labute approximate surface area is 135 Å². The Hall–Kier alpha value is -3.49. The number of para-hydroxylation sites is 1. The molecule has 0 saturated carbocycles. The van der Waals surface area contributed by atoms with E-state index in [9.17, 15) is 4.79 Å². The summed E-state index contributed by atoms with van der Waals surface area (Å²) in [6, 6.07) is 7.70. The average molecular weight is 323 g/mol. The first-order valence-electron chi connectivity index (χ1n) is 7.31. The largest absolute Gasteiger partial charge is 0.462 e. The summed E-state index contributed by atoms with van der Waals surface area (Å²) in [6.07, 6.45) is 1.33. The van der Waals surface area contributed by atoms with Crippen molar-refractivity contribution in [3.05, 3.63) is 36.0 Å². The minimum Gasteiger partial charge on any atom is -0.462 e. The van der Waals surface area contributed by atoms with Gasteiger partial charge in [-0.3, -0.25) is 0 Å². The zero-order chi connectivity index (χ0) is 16.7. The standard InChI is InChI=1S/C15H13N7O2/c1-2-24-14(23)9-7-17-22(12(9)16)15-19-13-11(20-21-15)8-5-3-4-6-10(8)18-13/h3-7H,2,16H2,1H3,(H,18,19,21). The average Bonchev–Trinajstić information content (AvgIpc) is 3.14. The van der Waals surface area contributed by atoms with Crippen LogP contribution in [-0.2, 0) is 4.74 Å². The minimum atomic E-state index is -0.541. The van der Waals surface area contributed by atoms with Crippen LogP contribution in [0.1, 0.15) is 17.3 Å². The molecule has 0 unspecified atom stereocenters. The molecule has 0 atom stereocenters. The van der Waals surface area contributed by atoms with Gasteiger partial charge in [-0.25, -0.2) is 4.79 Å². The molecular formula is C15H13N7O2. The summed E-state index contributed by atoms with van der Waals surface area (Å²) in [7, 11) is 0. The van der Waals surface area contributed by atoms with Crippen LogP contribution >= 0.6 is 0 Å². The molecule has 0 amide bonds. The molecule has 4 rings (SSSR count). The number of rotatable bonds is 3. The van der Waals surface area contributed by atoms with Crippen molar-refractivity contribution in [2.75, 3.05) is 12.3 Å². The van der Waals surface area contributed by atoms with Gasteiger partial charge in [-0.2, -0.15) is 14.8 Å². The van der Waals surface area contributed by atoms with E-state index in [1.165, 1.54) is 10.9 Å². The van der Waals surface area contributed by atoms with Gasteiger partial charge in [0.1, 0.15) is 16.9 Å². The van der Waals surface area contributed by atoms with Crippen LogP contribution in [0.15, 0.2) is 30.5 Å². The van der Waals surface area contributed by atoms with Gasteiger partial charge in [-0.05, 0) is 13.0 Å². The summed E-state index contributed by atoms with van der Waals surface area (Å²) in [5.41, 5.74) is 8.26. The molecule has 4 aromatic rings. The number of nitrogens with zero attached hydrogens (tertiary/aromatic N) is 5. The van der Waals surface area contributed by atoms with Gasteiger partial charge in [0.2, 0.25) is 0 Å². The Bertz CT molecular complexity index is 1070. The lowest BCUT2D eigenvalue weighted by atomic mass is 10.2. The van der Waals surface area contributed by atoms with Crippen molar-refractivity contribution in [3.63, 3.8) is 0 Å². The Morgan fingerprint density at radius 1 is 1.33 bits per heavy atom. The second-order valence-corrected chi connectivity index (χ2v) is 5.06. The van der Waals surface area contributed by atoms with E-state index in [1.807, 2.05) is 24.3 Å². The third kappa shape index (κ3) is 2.06. The van der Waals surface area contributed by atoms with E-state index in [0.717, 1.165) is 10.9 Å². The summed E-state index contributed by atoms with van der Waals surface area (Å²) in [5.74, 6) is -0.270. The quantitative estimate of drug-likeness (QED) is 0.547. The van der Waals surface area contributed by atoms with E-state index >= 15 is 0 Å². The highest BCUT2D eigenvalue weighted by molar-refractivity contribution is 6.03. The fourth-order valence-corrected chi connectivity index (χ4v) is 2.49. The molecule has 0 aliphatic heterocycles. The molecule has 3 heterocycles. The first-order chi connectivity index (χ1) is 11.7. The van der Waals surface area contributed by atoms with Crippen molar-refractivity contribution in [3.8, 4) is 5.95 Å². The van der Waals surface area contributed by atoms with Gasteiger partial charge in [0.15, 0.2) is 5.65 Å². The SMILES string of the molecule is CCOC(=O)c1cnn(-c2nnc3c(n2)[nH]c2ccccc23)c1N. The number of ether oxygens (including phenoxy) is 1. The number of esters is 1. The lowest BCUT2D eigenvalue weighted by molar-refractivity contribution is 0.0527. The van der Waals surface area contributed by atoms with Crippen LogP contribution in [0.2, 0.25) is 0 Å².